The molecule has 37 heavy (non-hydrogen) atoms. The third kappa shape index (κ3) is 5.07. The number of para-hydroxylation sites is 1. The first kappa shape index (κ1) is 24.9. The first-order chi connectivity index (χ1) is 17.7. The van der Waals surface area contributed by atoms with Crippen molar-refractivity contribution in [2.24, 2.45) is 0 Å². The van der Waals surface area contributed by atoms with Crippen molar-refractivity contribution in [1.29, 1.82) is 0 Å². The lowest BCUT2D eigenvalue weighted by atomic mass is 10.1. The molecule has 0 saturated carbocycles. The number of hydrogen-bond donors (Lipinski definition) is 1. The predicted octanol–water partition coefficient (Wildman–Crippen LogP) is 5.34. The fourth-order valence-corrected chi connectivity index (χ4v) is 6.15. The van der Waals surface area contributed by atoms with Crippen LogP contribution in [0, 0.1) is 19.7 Å². The SMILES string of the molecule is Cc1ccc(CN2c3ccccc3-c3nc(SCC(=O)Nc4ccc(C)c(F)c4)ncc3S2(=O)=O)cc1. The lowest BCUT2D eigenvalue weighted by molar-refractivity contribution is -0.113. The largest absolute Gasteiger partial charge is 0.325 e. The Balaban J connectivity index is 1.39. The molecule has 1 amide bonds. The Bertz CT molecular complexity index is 1610. The molecule has 4 aromatic rings. The van der Waals surface area contributed by atoms with Crippen LogP contribution < -0.4 is 9.62 Å². The van der Waals surface area contributed by atoms with Crippen LogP contribution in [0.3, 0.4) is 0 Å². The van der Waals surface area contributed by atoms with Gasteiger partial charge in [-0.15, -0.1) is 0 Å². The van der Waals surface area contributed by atoms with Crippen LogP contribution in [-0.4, -0.2) is 30.0 Å². The number of aromatic nitrogens is 2. The monoisotopic (exact) mass is 534 g/mol. The Morgan fingerprint density at radius 1 is 1.05 bits per heavy atom. The zero-order valence-electron chi connectivity index (χ0n) is 20.1. The van der Waals surface area contributed by atoms with E-state index in [1.54, 1.807) is 31.2 Å². The Kier molecular flexibility index (Phi) is 6.70. The number of carbonyl (C=O) groups excluding carboxylic acids is 1. The number of carbonyl (C=O) groups is 1. The molecule has 1 aliphatic rings. The predicted molar refractivity (Wildman–Crippen MR) is 143 cm³/mol. The molecule has 1 aromatic heterocycles. The number of anilines is 2. The molecule has 2 heterocycles. The van der Waals surface area contributed by atoms with E-state index in [4.69, 9.17) is 0 Å². The number of amides is 1. The van der Waals surface area contributed by atoms with Gasteiger partial charge in [-0.3, -0.25) is 9.10 Å². The second-order valence-corrected chi connectivity index (χ2v) is 11.5. The van der Waals surface area contributed by atoms with Crippen LogP contribution in [0.2, 0.25) is 0 Å². The Hall–Kier alpha value is -3.76. The number of benzene rings is 3. The van der Waals surface area contributed by atoms with Crippen molar-refractivity contribution >= 4 is 39.1 Å². The molecule has 3 aromatic carbocycles. The van der Waals surface area contributed by atoms with Gasteiger partial charge in [0.2, 0.25) is 5.91 Å². The van der Waals surface area contributed by atoms with Crippen molar-refractivity contribution in [3.8, 4) is 11.3 Å². The third-order valence-corrected chi connectivity index (χ3v) is 8.59. The number of hydrogen-bond acceptors (Lipinski definition) is 6. The fraction of sp³-hybridized carbons (Fsp3) is 0.148. The van der Waals surface area contributed by atoms with Crippen LogP contribution in [0.4, 0.5) is 15.8 Å². The van der Waals surface area contributed by atoms with Gasteiger partial charge in [0.05, 0.1) is 29.9 Å². The van der Waals surface area contributed by atoms with Crippen molar-refractivity contribution in [3.05, 3.63) is 95.4 Å². The Labute approximate surface area is 218 Å². The molecule has 0 saturated heterocycles. The number of thioether (sulfide) groups is 1. The fourth-order valence-electron chi connectivity index (χ4n) is 3.97. The molecule has 0 fully saturated rings. The molecule has 10 heteroatoms. The summed E-state index contributed by atoms with van der Waals surface area (Å²) in [5.74, 6) is -0.783. The summed E-state index contributed by atoms with van der Waals surface area (Å²) < 4.78 is 42.4. The highest BCUT2D eigenvalue weighted by Gasteiger charge is 2.36. The van der Waals surface area contributed by atoms with E-state index in [0.717, 1.165) is 22.9 Å². The second kappa shape index (κ2) is 9.95. The molecule has 1 N–H and O–H groups in total. The maximum absolute atomic E-state index is 13.8. The smallest absolute Gasteiger partial charge is 0.268 e. The minimum atomic E-state index is -3.92. The molecule has 188 valence electrons. The normalized spacial score (nSPS) is 13.5. The molecule has 7 nitrogen and oxygen atoms in total. The average Bonchev–Trinajstić information content (AvgIpc) is 2.88. The Morgan fingerprint density at radius 2 is 1.81 bits per heavy atom. The van der Waals surface area contributed by atoms with Crippen LogP contribution in [-0.2, 0) is 21.4 Å². The van der Waals surface area contributed by atoms with E-state index in [0.29, 0.717) is 28.2 Å². The van der Waals surface area contributed by atoms with Crippen molar-refractivity contribution in [3.63, 3.8) is 0 Å². The summed E-state index contributed by atoms with van der Waals surface area (Å²) in [7, 11) is -3.92. The second-order valence-electron chi connectivity index (χ2n) is 8.68. The number of nitrogens with one attached hydrogen (secondary N) is 1. The molecule has 5 rings (SSSR count). The van der Waals surface area contributed by atoms with E-state index in [1.165, 1.54) is 16.6 Å². The maximum atomic E-state index is 13.8. The van der Waals surface area contributed by atoms with E-state index in [2.05, 4.69) is 15.3 Å². The molecular weight excluding hydrogens is 511 g/mol. The molecule has 0 spiro atoms. The van der Waals surface area contributed by atoms with Crippen LogP contribution in [0.15, 0.2) is 83.0 Å². The summed E-state index contributed by atoms with van der Waals surface area (Å²) in [4.78, 5) is 21.2. The highest BCUT2D eigenvalue weighted by molar-refractivity contribution is 7.99. The Morgan fingerprint density at radius 3 is 2.57 bits per heavy atom. The molecule has 0 radical (unpaired) electrons. The summed E-state index contributed by atoms with van der Waals surface area (Å²) in [5, 5.41) is 2.91. The first-order valence-electron chi connectivity index (χ1n) is 11.5. The molecule has 1 aliphatic heterocycles. The highest BCUT2D eigenvalue weighted by Crippen LogP contribution is 2.42. The lowest BCUT2D eigenvalue weighted by Crippen LogP contribution is -2.34. The number of rotatable bonds is 6. The minimum absolute atomic E-state index is 0.0160. The molecule has 0 unspecified atom stereocenters. The first-order valence-corrected chi connectivity index (χ1v) is 13.9. The summed E-state index contributed by atoms with van der Waals surface area (Å²) in [6.07, 6.45) is 1.30. The zero-order valence-corrected chi connectivity index (χ0v) is 21.7. The van der Waals surface area contributed by atoms with Crippen LogP contribution >= 0.6 is 11.8 Å². The maximum Gasteiger partial charge on any atom is 0.268 e. The van der Waals surface area contributed by atoms with E-state index in [-0.39, 0.29) is 28.3 Å². The van der Waals surface area contributed by atoms with Crippen molar-refractivity contribution in [1.82, 2.24) is 9.97 Å². The third-order valence-electron chi connectivity index (χ3n) is 5.96. The number of nitrogens with zero attached hydrogens (tertiary/aromatic N) is 3. The van der Waals surface area contributed by atoms with Gasteiger partial charge in [0.1, 0.15) is 10.7 Å². The summed E-state index contributed by atoms with van der Waals surface area (Å²) in [6.45, 7) is 3.80. The number of sulfonamides is 1. The van der Waals surface area contributed by atoms with E-state index in [1.807, 2.05) is 43.3 Å². The minimum Gasteiger partial charge on any atom is -0.325 e. The van der Waals surface area contributed by atoms with Gasteiger partial charge in [-0.2, -0.15) is 0 Å². The number of aryl methyl sites for hydroxylation is 2. The van der Waals surface area contributed by atoms with E-state index >= 15 is 0 Å². The molecule has 0 bridgehead atoms. The summed E-state index contributed by atoms with van der Waals surface area (Å²) >= 11 is 1.07. The average molecular weight is 535 g/mol. The molecule has 0 aliphatic carbocycles. The van der Waals surface area contributed by atoms with Gasteiger partial charge >= 0.3 is 0 Å². The van der Waals surface area contributed by atoms with Gasteiger partial charge in [0.15, 0.2) is 5.16 Å². The molecular formula is C27H23FN4O3S2. The standard InChI is InChI=1S/C27H23FN4O3S2/c1-17-7-10-19(11-8-17)15-32-23-6-4-3-5-21(23)26-24(37(32,34)35)14-29-27(31-26)36-16-25(33)30-20-12-9-18(2)22(28)13-20/h3-14H,15-16H2,1-2H3,(H,30,33). The van der Waals surface area contributed by atoms with Gasteiger partial charge in [0.25, 0.3) is 10.0 Å². The topological polar surface area (TPSA) is 92.3 Å². The van der Waals surface area contributed by atoms with E-state index < -0.39 is 15.8 Å². The lowest BCUT2D eigenvalue weighted by Gasteiger charge is -2.31. The van der Waals surface area contributed by atoms with Crippen molar-refractivity contribution in [2.75, 3.05) is 15.4 Å². The van der Waals surface area contributed by atoms with E-state index in [9.17, 15) is 17.6 Å². The zero-order chi connectivity index (χ0) is 26.2. The van der Waals surface area contributed by atoms with Crippen LogP contribution in [0.25, 0.3) is 11.3 Å². The summed E-state index contributed by atoms with van der Waals surface area (Å²) in [5.41, 5.74) is 4.30. The van der Waals surface area contributed by atoms with Crippen LogP contribution in [0.1, 0.15) is 16.7 Å². The quantitative estimate of drug-likeness (QED) is 0.265. The van der Waals surface area contributed by atoms with Gasteiger partial charge in [-0.25, -0.2) is 22.8 Å². The van der Waals surface area contributed by atoms with Gasteiger partial charge in [0, 0.05) is 11.3 Å². The van der Waals surface area contributed by atoms with Crippen molar-refractivity contribution < 1.29 is 17.6 Å². The number of halogens is 1. The number of fused-ring (bicyclic) bond motifs is 3. The molecule has 0 atom stereocenters. The van der Waals surface area contributed by atoms with Gasteiger partial charge in [-0.1, -0.05) is 65.9 Å². The highest BCUT2D eigenvalue weighted by atomic mass is 32.2. The van der Waals surface area contributed by atoms with Crippen molar-refractivity contribution in [2.45, 2.75) is 30.4 Å². The summed E-state index contributed by atoms with van der Waals surface area (Å²) in [6, 6.07) is 19.4. The van der Waals surface area contributed by atoms with Gasteiger partial charge < -0.3 is 5.32 Å². The van der Waals surface area contributed by atoms with Gasteiger partial charge in [-0.05, 0) is 43.2 Å². The van der Waals surface area contributed by atoms with Crippen LogP contribution in [0.5, 0.6) is 0 Å².